The average Bonchev–Trinajstić information content (AvgIpc) is 2.07. The molecule has 0 radical (unpaired) electrons. The molecule has 0 aliphatic rings. The Morgan fingerprint density at radius 1 is 1.46 bits per heavy atom. The zero-order valence-electron chi connectivity index (χ0n) is 6.80. The van der Waals surface area contributed by atoms with E-state index in [4.69, 9.17) is 11.5 Å². The second-order valence-corrected chi connectivity index (χ2v) is 4.41. The molecule has 0 atom stereocenters. The van der Waals surface area contributed by atoms with Gasteiger partial charge >= 0.3 is 0 Å². The van der Waals surface area contributed by atoms with Gasteiger partial charge in [-0.05, 0) is 50.2 Å². The van der Waals surface area contributed by atoms with Crippen LogP contribution in [0.5, 0.6) is 0 Å². The van der Waals surface area contributed by atoms with Crippen LogP contribution >= 0.6 is 38.5 Å². The predicted octanol–water partition coefficient (Wildman–Crippen LogP) is 1.83. The van der Waals surface area contributed by atoms with E-state index >= 15 is 0 Å². The van der Waals surface area contributed by atoms with E-state index < -0.39 is 0 Å². The molecule has 0 aliphatic heterocycles. The largest absolute Gasteiger partial charge is 0.370 e. The first kappa shape index (κ1) is 10.8. The van der Waals surface area contributed by atoms with Gasteiger partial charge in [0.25, 0.3) is 0 Å². The van der Waals surface area contributed by atoms with Gasteiger partial charge in [0, 0.05) is 8.04 Å². The van der Waals surface area contributed by atoms with Crippen LogP contribution in [-0.2, 0) is 6.54 Å². The molecule has 3 nitrogen and oxygen atoms in total. The van der Waals surface area contributed by atoms with Crippen LogP contribution in [0.1, 0.15) is 5.56 Å². The van der Waals surface area contributed by atoms with Crippen molar-refractivity contribution in [1.82, 2.24) is 0 Å². The molecular formula is C8H9BrIN3. The van der Waals surface area contributed by atoms with E-state index in [1.807, 2.05) is 18.2 Å². The van der Waals surface area contributed by atoms with Crippen molar-refractivity contribution < 1.29 is 0 Å². The maximum absolute atomic E-state index is 5.24. The molecule has 0 spiro atoms. The zero-order valence-corrected chi connectivity index (χ0v) is 10.5. The van der Waals surface area contributed by atoms with Crippen LogP contribution in [0, 0.1) is 3.57 Å². The number of rotatable bonds is 2. The molecule has 1 aromatic rings. The number of guanidine groups is 1. The minimum absolute atomic E-state index is 0.116. The lowest BCUT2D eigenvalue weighted by molar-refractivity contribution is 1.04. The highest BCUT2D eigenvalue weighted by Crippen LogP contribution is 2.23. The normalized spacial score (nSPS) is 9.69. The molecule has 70 valence electrons. The monoisotopic (exact) mass is 353 g/mol. The number of hydrogen-bond donors (Lipinski definition) is 2. The topological polar surface area (TPSA) is 64.4 Å². The first-order valence-electron chi connectivity index (χ1n) is 3.59. The van der Waals surface area contributed by atoms with Gasteiger partial charge in [-0.2, -0.15) is 0 Å². The molecule has 13 heavy (non-hydrogen) atoms. The Balaban J connectivity index is 2.89. The lowest BCUT2D eigenvalue weighted by Crippen LogP contribution is -2.22. The van der Waals surface area contributed by atoms with Crippen LogP contribution in [0.15, 0.2) is 27.7 Å². The van der Waals surface area contributed by atoms with Crippen LogP contribution in [0.25, 0.3) is 0 Å². The summed E-state index contributed by atoms with van der Waals surface area (Å²) in [5.41, 5.74) is 11.6. The quantitative estimate of drug-likeness (QED) is 0.484. The summed E-state index contributed by atoms with van der Waals surface area (Å²) in [6, 6.07) is 5.98. The van der Waals surface area contributed by atoms with E-state index in [1.54, 1.807) is 0 Å². The van der Waals surface area contributed by atoms with Crippen LogP contribution < -0.4 is 11.5 Å². The van der Waals surface area contributed by atoms with Crippen LogP contribution in [0.3, 0.4) is 0 Å². The minimum atomic E-state index is 0.116. The van der Waals surface area contributed by atoms with Gasteiger partial charge in [0.15, 0.2) is 5.96 Å². The van der Waals surface area contributed by atoms with Crippen LogP contribution in [-0.4, -0.2) is 5.96 Å². The molecular weight excluding hydrogens is 345 g/mol. The molecule has 0 saturated heterocycles. The Morgan fingerprint density at radius 3 is 2.77 bits per heavy atom. The lowest BCUT2D eigenvalue weighted by atomic mass is 10.2. The highest BCUT2D eigenvalue weighted by Gasteiger charge is 2.01. The van der Waals surface area contributed by atoms with Crippen molar-refractivity contribution in [1.29, 1.82) is 0 Å². The summed E-state index contributed by atoms with van der Waals surface area (Å²) in [7, 11) is 0. The molecule has 4 N–H and O–H groups in total. The summed E-state index contributed by atoms with van der Waals surface area (Å²) in [5.74, 6) is 0.116. The average molecular weight is 354 g/mol. The maximum atomic E-state index is 5.24. The summed E-state index contributed by atoms with van der Waals surface area (Å²) >= 11 is 5.72. The molecule has 0 saturated carbocycles. The zero-order chi connectivity index (χ0) is 9.84. The number of hydrogen-bond acceptors (Lipinski definition) is 1. The molecule has 0 fully saturated rings. The molecule has 0 aliphatic carbocycles. The number of nitrogens with zero attached hydrogens (tertiary/aromatic N) is 1. The smallest absolute Gasteiger partial charge is 0.186 e. The highest BCUT2D eigenvalue weighted by molar-refractivity contribution is 14.1. The second-order valence-electron chi connectivity index (χ2n) is 2.45. The highest BCUT2D eigenvalue weighted by atomic mass is 127. The van der Waals surface area contributed by atoms with Gasteiger partial charge in [-0.3, -0.25) is 0 Å². The van der Waals surface area contributed by atoms with Gasteiger partial charge < -0.3 is 11.5 Å². The Labute approximate surface area is 98.9 Å². The van der Waals surface area contributed by atoms with Crippen molar-refractivity contribution in [3.63, 3.8) is 0 Å². The molecule has 0 bridgehead atoms. The fourth-order valence-corrected chi connectivity index (χ4v) is 1.79. The Kier molecular flexibility index (Phi) is 3.98. The Hall–Kier alpha value is -0.300. The Bertz CT molecular complexity index is 334. The molecule has 1 aromatic carbocycles. The van der Waals surface area contributed by atoms with E-state index in [-0.39, 0.29) is 5.96 Å². The van der Waals surface area contributed by atoms with Crippen molar-refractivity contribution in [2.45, 2.75) is 6.54 Å². The number of halogens is 2. The first-order chi connectivity index (χ1) is 6.11. The van der Waals surface area contributed by atoms with Crippen LogP contribution in [0.4, 0.5) is 0 Å². The molecule has 0 aromatic heterocycles. The third-order valence-electron chi connectivity index (χ3n) is 1.46. The third-order valence-corrected chi connectivity index (χ3v) is 4.04. The first-order valence-corrected chi connectivity index (χ1v) is 5.46. The SMILES string of the molecule is NC(N)=NCc1cccc(I)c1Br. The van der Waals surface area contributed by atoms with Crippen molar-refractivity contribution in [3.8, 4) is 0 Å². The van der Waals surface area contributed by atoms with E-state index in [2.05, 4.69) is 43.5 Å². The fraction of sp³-hybridized carbons (Fsp3) is 0.125. The minimum Gasteiger partial charge on any atom is -0.370 e. The lowest BCUT2D eigenvalue weighted by Gasteiger charge is -2.02. The number of benzene rings is 1. The summed E-state index contributed by atoms with van der Waals surface area (Å²) in [6.07, 6.45) is 0. The Morgan fingerprint density at radius 2 is 2.15 bits per heavy atom. The van der Waals surface area contributed by atoms with Gasteiger partial charge in [0.1, 0.15) is 0 Å². The van der Waals surface area contributed by atoms with Gasteiger partial charge in [-0.25, -0.2) is 4.99 Å². The predicted molar refractivity (Wildman–Crippen MR) is 66.4 cm³/mol. The summed E-state index contributed by atoms with van der Waals surface area (Å²) in [5, 5.41) is 0. The van der Waals surface area contributed by atoms with Gasteiger partial charge in [0.05, 0.1) is 6.54 Å². The van der Waals surface area contributed by atoms with Crippen molar-refractivity contribution in [2.75, 3.05) is 0 Å². The van der Waals surface area contributed by atoms with Gasteiger partial charge in [0.2, 0.25) is 0 Å². The molecule has 0 heterocycles. The number of aliphatic imine (C=N–C) groups is 1. The van der Waals surface area contributed by atoms with E-state index in [0.29, 0.717) is 6.54 Å². The van der Waals surface area contributed by atoms with Crippen molar-refractivity contribution in [3.05, 3.63) is 31.8 Å². The molecule has 5 heteroatoms. The number of nitrogens with two attached hydrogens (primary N) is 2. The van der Waals surface area contributed by atoms with Crippen molar-refractivity contribution >= 4 is 44.5 Å². The summed E-state index contributed by atoms with van der Waals surface area (Å²) in [6.45, 7) is 0.514. The second kappa shape index (κ2) is 4.80. The molecule has 0 amide bonds. The fourth-order valence-electron chi connectivity index (χ4n) is 0.847. The third kappa shape index (κ3) is 3.15. The van der Waals surface area contributed by atoms with E-state index in [1.165, 1.54) is 0 Å². The molecule has 1 rings (SSSR count). The van der Waals surface area contributed by atoms with Gasteiger partial charge in [-0.15, -0.1) is 0 Å². The summed E-state index contributed by atoms with van der Waals surface area (Å²) < 4.78 is 2.21. The van der Waals surface area contributed by atoms with Gasteiger partial charge in [-0.1, -0.05) is 12.1 Å². The van der Waals surface area contributed by atoms with Crippen LogP contribution in [0.2, 0.25) is 0 Å². The molecule has 0 unspecified atom stereocenters. The maximum Gasteiger partial charge on any atom is 0.186 e. The van der Waals surface area contributed by atoms with E-state index in [9.17, 15) is 0 Å². The summed E-state index contributed by atoms with van der Waals surface area (Å²) in [4.78, 5) is 3.94. The standard InChI is InChI=1S/C8H9BrIN3/c9-7-5(4-13-8(11)12)2-1-3-6(7)10/h1-3H,4H2,(H4,11,12,13). The van der Waals surface area contributed by atoms with E-state index in [0.717, 1.165) is 13.6 Å². The van der Waals surface area contributed by atoms with Crippen molar-refractivity contribution in [2.24, 2.45) is 16.5 Å².